The second-order valence-electron chi connectivity index (χ2n) is 3.01. The van der Waals surface area contributed by atoms with Crippen molar-refractivity contribution in [1.29, 1.82) is 0 Å². The zero-order valence-electron chi connectivity index (χ0n) is 9.10. The van der Waals surface area contributed by atoms with E-state index in [0.717, 1.165) is 10.6 Å². The first-order chi connectivity index (χ1) is 7.72. The van der Waals surface area contributed by atoms with E-state index in [0.29, 0.717) is 13.2 Å². The van der Waals surface area contributed by atoms with Crippen molar-refractivity contribution in [1.82, 2.24) is 5.32 Å². The smallest absolute Gasteiger partial charge is 0.407 e. The Bertz CT molecular complexity index is 327. The molecule has 0 bridgehead atoms. The summed E-state index contributed by atoms with van der Waals surface area (Å²) < 4.78 is 10.2. The van der Waals surface area contributed by atoms with Gasteiger partial charge < -0.3 is 14.8 Å². The van der Waals surface area contributed by atoms with Crippen LogP contribution in [0.15, 0.2) is 29.2 Å². The highest BCUT2D eigenvalue weighted by Gasteiger charge is 1.99. The maximum absolute atomic E-state index is 10.9. The van der Waals surface area contributed by atoms with Crippen molar-refractivity contribution >= 4 is 18.7 Å². The van der Waals surface area contributed by atoms with Gasteiger partial charge in [-0.2, -0.15) is 0 Å². The lowest BCUT2D eigenvalue weighted by molar-refractivity contribution is 0.125. The first-order valence-corrected chi connectivity index (χ1v) is 5.49. The van der Waals surface area contributed by atoms with Crippen LogP contribution in [-0.4, -0.2) is 25.9 Å². The predicted molar refractivity (Wildman–Crippen MR) is 64.2 cm³/mol. The number of nitrogens with one attached hydrogen (secondary N) is 1. The highest BCUT2D eigenvalue weighted by Crippen LogP contribution is 2.13. The van der Waals surface area contributed by atoms with Gasteiger partial charge in [0.15, 0.2) is 0 Å². The Kier molecular flexibility index (Phi) is 5.56. The van der Waals surface area contributed by atoms with E-state index in [1.165, 1.54) is 0 Å². The predicted octanol–water partition coefficient (Wildman–Crippen LogP) is 2.10. The van der Waals surface area contributed by atoms with E-state index in [-0.39, 0.29) is 6.61 Å². The van der Waals surface area contributed by atoms with Gasteiger partial charge in [0.05, 0.1) is 0 Å². The molecule has 0 spiro atoms. The molecule has 0 unspecified atom stereocenters. The Hall–Kier alpha value is -1.36. The summed E-state index contributed by atoms with van der Waals surface area (Å²) in [5, 5.41) is 2.52. The van der Waals surface area contributed by atoms with E-state index in [1.54, 1.807) is 0 Å². The standard InChI is InChI=1S/C11H15NO3S/c1-2-12-11(13)15-8-7-14-9-3-5-10(16)6-4-9/h3-6,16H,2,7-8H2,1H3,(H,12,13). The summed E-state index contributed by atoms with van der Waals surface area (Å²) in [6.07, 6.45) is -0.420. The molecule has 0 aromatic heterocycles. The van der Waals surface area contributed by atoms with Crippen LogP contribution in [0.4, 0.5) is 4.79 Å². The second-order valence-corrected chi connectivity index (χ2v) is 3.53. The fourth-order valence-electron chi connectivity index (χ4n) is 1.03. The molecule has 88 valence electrons. The number of benzene rings is 1. The van der Waals surface area contributed by atoms with Crippen molar-refractivity contribution in [3.63, 3.8) is 0 Å². The molecular formula is C11H15NO3S. The molecule has 0 atom stereocenters. The van der Waals surface area contributed by atoms with Gasteiger partial charge in [-0.1, -0.05) is 0 Å². The molecule has 0 radical (unpaired) electrons. The van der Waals surface area contributed by atoms with Gasteiger partial charge in [-0.05, 0) is 31.2 Å². The van der Waals surface area contributed by atoms with E-state index in [1.807, 2.05) is 31.2 Å². The van der Waals surface area contributed by atoms with Crippen molar-refractivity contribution in [3.05, 3.63) is 24.3 Å². The molecule has 1 aromatic carbocycles. The van der Waals surface area contributed by atoms with Crippen LogP contribution < -0.4 is 10.1 Å². The summed E-state index contributed by atoms with van der Waals surface area (Å²) in [6, 6.07) is 7.30. The normalized spacial score (nSPS) is 9.62. The van der Waals surface area contributed by atoms with E-state index in [9.17, 15) is 4.79 Å². The molecule has 1 aromatic rings. The molecule has 0 saturated heterocycles. The molecule has 5 heteroatoms. The summed E-state index contributed by atoms with van der Waals surface area (Å²) in [6.45, 7) is 2.96. The molecule has 4 nitrogen and oxygen atoms in total. The van der Waals surface area contributed by atoms with Gasteiger partial charge in [0, 0.05) is 11.4 Å². The SMILES string of the molecule is CCNC(=O)OCCOc1ccc(S)cc1. The number of rotatable bonds is 5. The van der Waals surface area contributed by atoms with Gasteiger partial charge in [-0.25, -0.2) is 4.79 Å². The quantitative estimate of drug-likeness (QED) is 0.613. The summed E-state index contributed by atoms with van der Waals surface area (Å²) >= 11 is 4.16. The van der Waals surface area contributed by atoms with Gasteiger partial charge in [0.25, 0.3) is 0 Å². The fraction of sp³-hybridized carbons (Fsp3) is 0.364. The van der Waals surface area contributed by atoms with Crippen molar-refractivity contribution in [3.8, 4) is 5.75 Å². The average molecular weight is 241 g/mol. The minimum absolute atomic E-state index is 0.231. The first-order valence-electron chi connectivity index (χ1n) is 5.05. The summed E-state index contributed by atoms with van der Waals surface area (Å²) in [7, 11) is 0. The van der Waals surface area contributed by atoms with E-state index in [4.69, 9.17) is 9.47 Å². The Morgan fingerprint density at radius 3 is 2.62 bits per heavy atom. The van der Waals surface area contributed by atoms with Crippen LogP contribution in [0.3, 0.4) is 0 Å². The Morgan fingerprint density at radius 1 is 1.31 bits per heavy atom. The zero-order valence-corrected chi connectivity index (χ0v) is 10.00. The second kappa shape index (κ2) is 7.00. The number of amides is 1. The minimum atomic E-state index is -0.420. The number of thiol groups is 1. The van der Waals surface area contributed by atoms with Crippen LogP contribution in [0.1, 0.15) is 6.92 Å². The third-order valence-electron chi connectivity index (χ3n) is 1.74. The zero-order chi connectivity index (χ0) is 11.8. The fourth-order valence-corrected chi connectivity index (χ4v) is 1.18. The summed E-state index contributed by atoms with van der Waals surface area (Å²) in [5.41, 5.74) is 0. The molecular weight excluding hydrogens is 226 g/mol. The molecule has 1 N–H and O–H groups in total. The Morgan fingerprint density at radius 2 is 2.00 bits per heavy atom. The largest absolute Gasteiger partial charge is 0.490 e. The third kappa shape index (κ3) is 4.93. The van der Waals surface area contributed by atoms with E-state index < -0.39 is 6.09 Å². The summed E-state index contributed by atoms with van der Waals surface area (Å²) in [5.74, 6) is 0.734. The molecule has 16 heavy (non-hydrogen) atoms. The Balaban J connectivity index is 2.16. The van der Waals surface area contributed by atoms with Crippen LogP contribution in [0.2, 0.25) is 0 Å². The lowest BCUT2D eigenvalue weighted by atomic mass is 10.3. The molecule has 0 aliphatic carbocycles. The van der Waals surface area contributed by atoms with Gasteiger partial charge >= 0.3 is 6.09 Å². The lowest BCUT2D eigenvalue weighted by Crippen LogP contribution is -2.25. The third-order valence-corrected chi connectivity index (χ3v) is 2.04. The highest BCUT2D eigenvalue weighted by atomic mass is 32.1. The van der Waals surface area contributed by atoms with Crippen molar-refractivity contribution in [2.24, 2.45) is 0 Å². The number of carbonyl (C=O) groups is 1. The van der Waals surface area contributed by atoms with E-state index >= 15 is 0 Å². The van der Waals surface area contributed by atoms with Gasteiger partial charge in [-0.3, -0.25) is 0 Å². The van der Waals surface area contributed by atoms with Gasteiger partial charge in [-0.15, -0.1) is 12.6 Å². The molecule has 0 aliphatic heterocycles. The molecule has 0 heterocycles. The number of hydrogen-bond donors (Lipinski definition) is 2. The number of ether oxygens (including phenoxy) is 2. The number of alkyl carbamates (subject to hydrolysis) is 1. The molecule has 0 fully saturated rings. The van der Waals surface area contributed by atoms with Crippen LogP contribution in [-0.2, 0) is 4.74 Å². The number of carbonyl (C=O) groups excluding carboxylic acids is 1. The lowest BCUT2D eigenvalue weighted by Gasteiger charge is -2.07. The maximum Gasteiger partial charge on any atom is 0.407 e. The van der Waals surface area contributed by atoms with Crippen LogP contribution in [0, 0.1) is 0 Å². The molecule has 1 rings (SSSR count). The van der Waals surface area contributed by atoms with Gasteiger partial charge in [0.1, 0.15) is 19.0 Å². The molecule has 1 amide bonds. The summed E-state index contributed by atoms with van der Waals surface area (Å²) in [4.78, 5) is 11.8. The monoisotopic (exact) mass is 241 g/mol. The highest BCUT2D eigenvalue weighted by molar-refractivity contribution is 7.80. The first kappa shape index (κ1) is 12.7. The molecule has 0 aliphatic rings. The topological polar surface area (TPSA) is 47.6 Å². The van der Waals surface area contributed by atoms with Gasteiger partial charge in [0.2, 0.25) is 0 Å². The average Bonchev–Trinajstić information content (AvgIpc) is 2.27. The minimum Gasteiger partial charge on any atom is -0.490 e. The van der Waals surface area contributed by atoms with Crippen LogP contribution in [0.25, 0.3) is 0 Å². The van der Waals surface area contributed by atoms with Crippen molar-refractivity contribution in [2.45, 2.75) is 11.8 Å². The van der Waals surface area contributed by atoms with Crippen molar-refractivity contribution in [2.75, 3.05) is 19.8 Å². The van der Waals surface area contributed by atoms with Crippen LogP contribution >= 0.6 is 12.6 Å². The Labute approximate surface area is 100 Å². The van der Waals surface area contributed by atoms with Crippen molar-refractivity contribution < 1.29 is 14.3 Å². The van der Waals surface area contributed by atoms with E-state index in [2.05, 4.69) is 17.9 Å². The molecule has 0 saturated carbocycles. The maximum atomic E-state index is 10.9. The number of hydrogen-bond acceptors (Lipinski definition) is 4. The van der Waals surface area contributed by atoms with Crippen LogP contribution in [0.5, 0.6) is 5.75 Å².